The normalized spacial score (nSPS) is 13.2. The van der Waals surface area contributed by atoms with E-state index in [0.717, 1.165) is 49.5 Å². The summed E-state index contributed by atoms with van der Waals surface area (Å²) in [6, 6.07) is 24.3. The van der Waals surface area contributed by atoms with Crippen LogP contribution in [0.3, 0.4) is 0 Å². The van der Waals surface area contributed by atoms with Crippen molar-refractivity contribution in [1.29, 1.82) is 0 Å². The molecule has 1 aliphatic heterocycles. The lowest BCUT2D eigenvalue weighted by Gasteiger charge is -2.28. The summed E-state index contributed by atoms with van der Waals surface area (Å²) in [6.07, 6.45) is 6.71. The minimum absolute atomic E-state index is 0.0497. The van der Waals surface area contributed by atoms with Gasteiger partial charge in [-0.05, 0) is 68.3 Å². The molecule has 0 N–H and O–H groups in total. The summed E-state index contributed by atoms with van der Waals surface area (Å²) in [4.78, 5) is 16.9. The fourth-order valence-electron chi connectivity index (χ4n) is 4.25. The number of likely N-dealkylation sites (N-methyl/N-ethyl adjacent to an activating group) is 1. The number of nitrogens with zero attached hydrogens (tertiary/aromatic N) is 2. The third-order valence-electron chi connectivity index (χ3n) is 5.95. The van der Waals surface area contributed by atoms with E-state index in [1.165, 1.54) is 22.5 Å². The number of fused-ring (bicyclic) bond motifs is 2. The van der Waals surface area contributed by atoms with E-state index in [-0.39, 0.29) is 5.78 Å². The van der Waals surface area contributed by atoms with E-state index in [4.69, 9.17) is 11.6 Å². The average molecular weight is 445 g/mol. The maximum atomic E-state index is 12.2. The fourth-order valence-corrected chi connectivity index (χ4v) is 4.42. The number of aryl methyl sites for hydroxylation is 2. The van der Waals surface area contributed by atoms with Gasteiger partial charge in [-0.3, -0.25) is 4.79 Å². The van der Waals surface area contributed by atoms with Gasteiger partial charge in [-0.15, -0.1) is 0 Å². The molecule has 0 fully saturated rings. The van der Waals surface area contributed by atoms with Crippen molar-refractivity contribution in [3.8, 4) is 0 Å². The van der Waals surface area contributed by atoms with Crippen molar-refractivity contribution in [3.63, 3.8) is 0 Å². The molecule has 0 saturated heterocycles. The number of anilines is 2. The number of halogens is 1. The summed E-state index contributed by atoms with van der Waals surface area (Å²) in [5.41, 5.74) is 5.96. The summed E-state index contributed by atoms with van der Waals surface area (Å²) < 4.78 is 0. The van der Waals surface area contributed by atoms with Crippen molar-refractivity contribution < 1.29 is 4.79 Å². The van der Waals surface area contributed by atoms with Gasteiger partial charge in [0.15, 0.2) is 5.78 Å². The molecule has 0 bridgehead atoms. The summed E-state index contributed by atoms with van der Waals surface area (Å²) in [6.45, 7) is 2.61. The summed E-state index contributed by atoms with van der Waals surface area (Å²) >= 11 is 6.36. The van der Waals surface area contributed by atoms with Crippen LogP contribution < -0.4 is 4.90 Å². The highest BCUT2D eigenvalue weighted by Gasteiger charge is 2.20. The number of benzene rings is 3. The van der Waals surface area contributed by atoms with Gasteiger partial charge in [0.1, 0.15) is 0 Å². The molecule has 4 heteroatoms. The monoisotopic (exact) mass is 444 g/mol. The molecule has 3 aromatic rings. The number of allylic oxidation sites excluding steroid dienone is 1. The first kappa shape index (κ1) is 22.3. The highest BCUT2D eigenvalue weighted by Crippen LogP contribution is 2.37. The zero-order valence-electron chi connectivity index (χ0n) is 18.5. The van der Waals surface area contributed by atoms with Gasteiger partial charge < -0.3 is 9.80 Å². The largest absolute Gasteiger partial charge is 0.341 e. The molecule has 3 nitrogen and oxygen atoms in total. The van der Waals surface area contributed by atoms with Gasteiger partial charge in [-0.1, -0.05) is 72.3 Å². The molecular weight excluding hydrogens is 416 g/mol. The van der Waals surface area contributed by atoms with Gasteiger partial charge in [-0.2, -0.15) is 0 Å². The van der Waals surface area contributed by atoms with Crippen LogP contribution in [0.15, 0.2) is 84.9 Å². The second-order valence-corrected chi connectivity index (χ2v) is 8.74. The predicted molar refractivity (Wildman–Crippen MR) is 134 cm³/mol. The molecule has 0 unspecified atom stereocenters. The van der Waals surface area contributed by atoms with E-state index < -0.39 is 0 Å². The van der Waals surface area contributed by atoms with Gasteiger partial charge in [0.05, 0.1) is 0 Å². The topological polar surface area (TPSA) is 23.6 Å². The lowest BCUT2D eigenvalue weighted by atomic mass is 10.0. The Kier molecular flexibility index (Phi) is 7.41. The molecule has 0 amide bonds. The Morgan fingerprint density at radius 2 is 1.69 bits per heavy atom. The molecule has 0 saturated carbocycles. The van der Waals surface area contributed by atoms with Crippen molar-refractivity contribution in [3.05, 3.63) is 107 Å². The fraction of sp³-hybridized carbons (Fsp3) is 0.250. The number of carbonyl (C=O) groups excluding carboxylic acids is 1. The van der Waals surface area contributed by atoms with Crippen LogP contribution in [0, 0.1) is 0 Å². The average Bonchev–Trinajstić information content (AvgIpc) is 2.96. The number of ketones is 1. The van der Waals surface area contributed by atoms with Crippen molar-refractivity contribution in [2.45, 2.75) is 19.3 Å². The van der Waals surface area contributed by atoms with Crippen LogP contribution in [0.5, 0.6) is 0 Å². The first-order valence-electron chi connectivity index (χ1n) is 11.2. The van der Waals surface area contributed by atoms with Crippen molar-refractivity contribution in [2.24, 2.45) is 0 Å². The van der Waals surface area contributed by atoms with Crippen LogP contribution in [-0.2, 0) is 12.8 Å². The lowest BCUT2D eigenvalue weighted by Crippen LogP contribution is -2.26. The Balaban J connectivity index is 1.38. The quantitative estimate of drug-likeness (QED) is 0.299. The molecule has 164 valence electrons. The number of para-hydroxylation sites is 1. The third kappa shape index (κ3) is 5.48. The standard InChI is InChI=1S/C28H29ClN2O/c1-30(18-7-13-28(32)24-10-3-2-4-11-24)19-8-20-31-26-12-6-5-9-22(26)14-15-23-16-17-25(29)21-27(23)31/h2-7,9-13,16-17,21H,8,14-15,18-20H2,1H3/b13-7+. The summed E-state index contributed by atoms with van der Waals surface area (Å²) in [5.74, 6) is 0.0497. The zero-order valence-corrected chi connectivity index (χ0v) is 19.3. The minimum Gasteiger partial charge on any atom is -0.341 e. The van der Waals surface area contributed by atoms with Crippen molar-refractivity contribution >= 4 is 28.8 Å². The number of carbonyl (C=O) groups is 1. The first-order valence-corrected chi connectivity index (χ1v) is 11.6. The molecular formula is C28H29ClN2O. The van der Waals surface area contributed by atoms with Crippen molar-refractivity contribution in [1.82, 2.24) is 4.90 Å². The second kappa shape index (κ2) is 10.6. The van der Waals surface area contributed by atoms with Gasteiger partial charge in [0.2, 0.25) is 0 Å². The molecule has 1 heterocycles. The zero-order chi connectivity index (χ0) is 22.3. The lowest BCUT2D eigenvalue weighted by molar-refractivity contribution is 0.104. The third-order valence-corrected chi connectivity index (χ3v) is 6.19. The highest BCUT2D eigenvalue weighted by molar-refractivity contribution is 6.30. The Morgan fingerprint density at radius 1 is 0.969 bits per heavy atom. The van der Waals surface area contributed by atoms with Crippen molar-refractivity contribution in [2.75, 3.05) is 31.6 Å². The van der Waals surface area contributed by atoms with E-state index in [1.54, 1.807) is 6.08 Å². The van der Waals surface area contributed by atoms with Crippen LogP contribution in [0.4, 0.5) is 11.4 Å². The maximum Gasteiger partial charge on any atom is 0.185 e. The molecule has 32 heavy (non-hydrogen) atoms. The predicted octanol–water partition coefficient (Wildman–Crippen LogP) is 6.34. The van der Waals surface area contributed by atoms with Crippen LogP contribution in [0.1, 0.15) is 27.9 Å². The second-order valence-electron chi connectivity index (χ2n) is 8.30. The first-order chi connectivity index (χ1) is 15.6. The Morgan fingerprint density at radius 3 is 2.50 bits per heavy atom. The molecule has 0 spiro atoms. The molecule has 0 radical (unpaired) electrons. The van der Waals surface area contributed by atoms with Crippen LogP contribution in [0.25, 0.3) is 0 Å². The van der Waals surface area contributed by atoms with Gasteiger partial charge in [0.25, 0.3) is 0 Å². The minimum atomic E-state index is 0.0497. The number of rotatable bonds is 8. The Hall–Kier alpha value is -2.88. The molecule has 1 aliphatic rings. The number of hydrogen-bond donors (Lipinski definition) is 0. The molecule has 3 aromatic carbocycles. The molecule has 0 atom stereocenters. The van der Waals surface area contributed by atoms with E-state index in [2.05, 4.69) is 53.2 Å². The van der Waals surface area contributed by atoms with E-state index >= 15 is 0 Å². The van der Waals surface area contributed by atoms with Gasteiger partial charge in [-0.25, -0.2) is 0 Å². The molecule has 4 rings (SSSR count). The molecule has 0 aliphatic carbocycles. The van der Waals surface area contributed by atoms with Gasteiger partial charge in [0, 0.05) is 35.1 Å². The number of hydrogen-bond acceptors (Lipinski definition) is 3. The maximum absolute atomic E-state index is 12.2. The summed E-state index contributed by atoms with van der Waals surface area (Å²) in [7, 11) is 2.10. The van der Waals surface area contributed by atoms with Crippen LogP contribution in [0.2, 0.25) is 5.02 Å². The smallest absolute Gasteiger partial charge is 0.185 e. The van der Waals surface area contributed by atoms with Crippen LogP contribution in [-0.4, -0.2) is 37.4 Å². The SMILES string of the molecule is CN(C/C=C/C(=O)c1ccccc1)CCCN1c2ccccc2CCc2ccc(Cl)cc21. The summed E-state index contributed by atoms with van der Waals surface area (Å²) in [5, 5.41) is 0.776. The Bertz CT molecular complexity index is 1090. The van der Waals surface area contributed by atoms with Gasteiger partial charge >= 0.3 is 0 Å². The van der Waals surface area contributed by atoms with Crippen LogP contribution >= 0.6 is 11.6 Å². The highest BCUT2D eigenvalue weighted by atomic mass is 35.5. The Labute approximate surface area is 195 Å². The molecule has 0 aromatic heterocycles. The van der Waals surface area contributed by atoms with E-state index in [1.807, 2.05) is 42.5 Å². The van der Waals surface area contributed by atoms with E-state index in [9.17, 15) is 4.79 Å². The van der Waals surface area contributed by atoms with E-state index in [0.29, 0.717) is 0 Å².